The Balaban J connectivity index is 2.54. The van der Waals surface area contributed by atoms with Gasteiger partial charge in [-0.3, -0.25) is 0 Å². The lowest BCUT2D eigenvalue weighted by Crippen LogP contribution is -2.41. The van der Waals surface area contributed by atoms with Crippen LogP contribution in [0.2, 0.25) is 18.1 Å². The Hall–Kier alpha value is -1.28. The topological polar surface area (TPSA) is 27.7 Å². The maximum absolute atomic E-state index is 6.28. The Morgan fingerprint density at radius 2 is 1.76 bits per heavy atom. The van der Waals surface area contributed by atoms with E-state index in [1.54, 1.807) is 7.11 Å². The van der Waals surface area contributed by atoms with Crippen molar-refractivity contribution in [2.45, 2.75) is 71.4 Å². The lowest BCUT2D eigenvalue weighted by atomic mass is 10.2. The van der Waals surface area contributed by atoms with Crippen LogP contribution in [0, 0.1) is 11.8 Å². The predicted molar refractivity (Wildman–Crippen MR) is 107 cm³/mol. The second-order valence-corrected chi connectivity index (χ2v) is 12.6. The van der Waals surface area contributed by atoms with Crippen LogP contribution in [0.3, 0.4) is 0 Å². The Bertz CT molecular complexity index is 562. The van der Waals surface area contributed by atoms with Crippen molar-refractivity contribution >= 4 is 8.32 Å². The summed E-state index contributed by atoms with van der Waals surface area (Å²) < 4.78 is 17.6. The predicted octanol–water partition coefficient (Wildman–Crippen LogP) is 5.41. The number of methoxy groups -OCH3 is 1. The SMILES string of the molecule is CC#CC[C@@H](CCO[Si](C)(C)C(C)(C)C)OCc1ccc(OC)cc1. The first-order valence-electron chi connectivity index (χ1n) is 8.97. The first-order valence-corrected chi connectivity index (χ1v) is 11.9. The molecule has 0 aliphatic heterocycles. The third-order valence-electron chi connectivity index (χ3n) is 4.86. The number of benzene rings is 1. The average Bonchev–Trinajstić information content (AvgIpc) is 2.56. The van der Waals surface area contributed by atoms with Crippen LogP contribution in [0.1, 0.15) is 46.1 Å². The quantitative estimate of drug-likeness (QED) is 0.434. The van der Waals surface area contributed by atoms with Gasteiger partial charge in [-0.15, -0.1) is 11.8 Å². The van der Waals surface area contributed by atoms with E-state index in [9.17, 15) is 0 Å². The highest BCUT2D eigenvalue weighted by atomic mass is 28.4. The molecule has 1 rings (SSSR count). The Morgan fingerprint density at radius 1 is 1.12 bits per heavy atom. The molecule has 3 nitrogen and oxygen atoms in total. The molecule has 1 atom stereocenters. The lowest BCUT2D eigenvalue weighted by Gasteiger charge is -2.36. The van der Waals surface area contributed by atoms with Gasteiger partial charge >= 0.3 is 0 Å². The third kappa shape index (κ3) is 7.64. The molecule has 4 heteroatoms. The molecule has 0 radical (unpaired) electrons. The number of ether oxygens (including phenoxy) is 2. The molecular weight excluding hydrogens is 328 g/mol. The van der Waals surface area contributed by atoms with E-state index in [2.05, 4.69) is 45.7 Å². The molecule has 0 bridgehead atoms. The molecule has 1 aromatic carbocycles. The molecule has 0 aliphatic rings. The van der Waals surface area contributed by atoms with Crippen molar-refractivity contribution in [2.75, 3.05) is 13.7 Å². The maximum Gasteiger partial charge on any atom is 0.191 e. The van der Waals surface area contributed by atoms with Gasteiger partial charge in [0.15, 0.2) is 8.32 Å². The Labute approximate surface area is 155 Å². The van der Waals surface area contributed by atoms with Gasteiger partial charge in [-0.05, 0) is 49.2 Å². The standard InChI is InChI=1S/C21H34O3Si/c1-8-9-10-20(15-16-24-25(6,7)21(2,3)4)23-17-18-11-13-19(22-5)14-12-18/h11-14,20H,10,15-17H2,1-7H3/t20-/m0/s1. The minimum absolute atomic E-state index is 0.0966. The summed E-state index contributed by atoms with van der Waals surface area (Å²) in [6, 6.07) is 7.99. The molecule has 0 N–H and O–H groups in total. The molecule has 0 saturated carbocycles. The van der Waals surface area contributed by atoms with Crippen molar-refractivity contribution in [1.29, 1.82) is 0 Å². The molecule has 0 aliphatic carbocycles. The van der Waals surface area contributed by atoms with Crippen molar-refractivity contribution in [3.8, 4) is 17.6 Å². The first kappa shape index (κ1) is 21.8. The van der Waals surface area contributed by atoms with Gasteiger partial charge in [-0.25, -0.2) is 0 Å². The van der Waals surface area contributed by atoms with Gasteiger partial charge in [0.05, 0.1) is 19.8 Å². The molecule has 0 aromatic heterocycles. The summed E-state index contributed by atoms with van der Waals surface area (Å²) >= 11 is 0. The van der Waals surface area contributed by atoms with Crippen molar-refractivity contribution < 1.29 is 13.9 Å². The zero-order valence-corrected chi connectivity index (χ0v) is 17.9. The highest BCUT2D eigenvalue weighted by Crippen LogP contribution is 2.36. The molecule has 0 heterocycles. The molecular formula is C21H34O3Si. The average molecular weight is 363 g/mol. The summed E-state index contributed by atoms with van der Waals surface area (Å²) in [5.41, 5.74) is 1.14. The summed E-state index contributed by atoms with van der Waals surface area (Å²) in [7, 11) is -0.0320. The number of hydrogen-bond acceptors (Lipinski definition) is 3. The zero-order chi connectivity index (χ0) is 18.9. The van der Waals surface area contributed by atoms with Gasteiger partial charge in [-0.2, -0.15) is 0 Å². The molecule has 0 unspecified atom stereocenters. The van der Waals surface area contributed by atoms with E-state index in [0.29, 0.717) is 6.61 Å². The molecule has 25 heavy (non-hydrogen) atoms. The second kappa shape index (κ2) is 10.0. The van der Waals surface area contributed by atoms with E-state index >= 15 is 0 Å². The highest BCUT2D eigenvalue weighted by Gasteiger charge is 2.37. The van der Waals surface area contributed by atoms with E-state index in [1.807, 2.05) is 31.2 Å². The third-order valence-corrected chi connectivity index (χ3v) is 9.40. The second-order valence-electron chi connectivity index (χ2n) is 7.81. The van der Waals surface area contributed by atoms with E-state index in [1.165, 1.54) is 0 Å². The van der Waals surface area contributed by atoms with Crippen molar-refractivity contribution in [3.63, 3.8) is 0 Å². The van der Waals surface area contributed by atoms with Gasteiger partial charge < -0.3 is 13.9 Å². The largest absolute Gasteiger partial charge is 0.497 e. The first-order chi connectivity index (χ1) is 11.7. The Morgan fingerprint density at radius 3 is 2.28 bits per heavy atom. The minimum atomic E-state index is -1.71. The van der Waals surface area contributed by atoms with Crippen molar-refractivity contribution in [1.82, 2.24) is 0 Å². The molecule has 0 amide bonds. The van der Waals surface area contributed by atoms with Crippen LogP contribution in [-0.4, -0.2) is 28.1 Å². The summed E-state index contributed by atoms with van der Waals surface area (Å²) in [5.74, 6) is 6.97. The van der Waals surface area contributed by atoms with Gasteiger partial charge in [-0.1, -0.05) is 32.9 Å². The van der Waals surface area contributed by atoms with Crippen molar-refractivity contribution in [3.05, 3.63) is 29.8 Å². The van der Waals surface area contributed by atoms with Crippen LogP contribution in [0.15, 0.2) is 24.3 Å². The van der Waals surface area contributed by atoms with Crippen LogP contribution in [0.25, 0.3) is 0 Å². The van der Waals surface area contributed by atoms with Crippen LogP contribution in [0.5, 0.6) is 5.75 Å². The van der Waals surface area contributed by atoms with Gasteiger partial charge in [0.1, 0.15) is 5.75 Å². The maximum atomic E-state index is 6.28. The van der Waals surface area contributed by atoms with E-state index < -0.39 is 8.32 Å². The molecule has 140 valence electrons. The molecule has 0 fully saturated rings. The van der Waals surface area contributed by atoms with Gasteiger partial charge in [0.2, 0.25) is 0 Å². The zero-order valence-electron chi connectivity index (χ0n) is 16.9. The number of rotatable bonds is 9. The fourth-order valence-corrected chi connectivity index (χ4v) is 3.12. The van der Waals surface area contributed by atoms with E-state index in [4.69, 9.17) is 13.9 Å². The van der Waals surface area contributed by atoms with Gasteiger partial charge in [0, 0.05) is 13.0 Å². The summed E-state index contributed by atoms with van der Waals surface area (Å²) in [6.07, 6.45) is 1.71. The number of hydrogen-bond donors (Lipinski definition) is 0. The highest BCUT2D eigenvalue weighted by molar-refractivity contribution is 6.74. The smallest absolute Gasteiger partial charge is 0.191 e. The lowest BCUT2D eigenvalue weighted by molar-refractivity contribution is 0.0286. The summed E-state index contributed by atoms with van der Waals surface area (Å²) in [4.78, 5) is 0. The van der Waals surface area contributed by atoms with Crippen molar-refractivity contribution in [2.24, 2.45) is 0 Å². The minimum Gasteiger partial charge on any atom is -0.497 e. The molecule has 1 aromatic rings. The van der Waals surface area contributed by atoms with E-state index in [-0.39, 0.29) is 11.1 Å². The molecule has 0 spiro atoms. The van der Waals surface area contributed by atoms with E-state index in [0.717, 1.165) is 30.8 Å². The summed E-state index contributed by atoms with van der Waals surface area (Å²) in [5, 5.41) is 0.232. The van der Waals surface area contributed by atoms with Gasteiger partial charge in [0.25, 0.3) is 0 Å². The monoisotopic (exact) mass is 362 g/mol. The normalized spacial score (nSPS) is 13.1. The fourth-order valence-electron chi connectivity index (χ4n) is 2.06. The molecule has 0 saturated heterocycles. The van der Waals surface area contributed by atoms with Crippen LogP contribution in [-0.2, 0) is 15.8 Å². The van der Waals surface area contributed by atoms with Crippen LogP contribution < -0.4 is 4.74 Å². The van der Waals surface area contributed by atoms with Crippen LogP contribution in [0.4, 0.5) is 0 Å². The fraction of sp³-hybridized carbons (Fsp3) is 0.619. The van der Waals surface area contributed by atoms with Crippen LogP contribution >= 0.6 is 0 Å². The summed E-state index contributed by atoms with van der Waals surface area (Å²) in [6.45, 7) is 14.5. The Kier molecular flexibility index (Phi) is 8.71.